The van der Waals surface area contributed by atoms with Crippen LogP contribution in [0.15, 0.2) is 0 Å². The van der Waals surface area contributed by atoms with Crippen LogP contribution in [-0.2, 0) is 14.3 Å². The number of rotatable bonds is 6. The second kappa shape index (κ2) is 7.07. The van der Waals surface area contributed by atoms with Crippen molar-refractivity contribution in [3.8, 4) is 0 Å². The molecular weight excluding hydrogens is 232 g/mol. The normalized spacial score (nSPS) is 24.6. The Bertz CT molecular complexity index is 273. The first kappa shape index (κ1) is 15.4. The zero-order valence-corrected chi connectivity index (χ0v) is 12.0. The number of carbonyl (C=O) groups excluding carboxylic acids is 1. The first-order valence-corrected chi connectivity index (χ1v) is 6.78. The highest BCUT2D eigenvalue weighted by Gasteiger charge is 2.36. The second-order valence-corrected chi connectivity index (χ2v) is 5.00. The topological polar surface area (TPSA) is 50.8 Å². The quantitative estimate of drug-likeness (QED) is 0.709. The van der Waals surface area contributed by atoms with Crippen molar-refractivity contribution in [2.45, 2.75) is 39.3 Å². The van der Waals surface area contributed by atoms with Gasteiger partial charge in [-0.1, -0.05) is 6.92 Å². The molecule has 106 valence electrons. The molecule has 1 saturated heterocycles. The molecule has 1 aliphatic rings. The Balaban J connectivity index is 2.63. The highest BCUT2D eigenvalue weighted by Crippen LogP contribution is 2.13. The highest BCUT2D eigenvalue weighted by atomic mass is 16.5. The standard InChI is InChI=1S/C13H26N2O3/c1-5-14-13(4,12(16)17-6-2)10-15-7-8-18-11(3)9-15/h11,14H,5-10H2,1-4H3. The van der Waals surface area contributed by atoms with Gasteiger partial charge in [-0.2, -0.15) is 0 Å². The number of ether oxygens (including phenoxy) is 2. The molecule has 0 aromatic carbocycles. The Labute approximate surface area is 110 Å². The van der Waals surface area contributed by atoms with Crippen LogP contribution in [0.3, 0.4) is 0 Å². The van der Waals surface area contributed by atoms with Crippen molar-refractivity contribution in [3.63, 3.8) is 0 Å². The summed E-state index contributed by atoms with van der Waals surface area (Å²) in [6.07, 6.45) is 0.229. The molecule has 1 fully saturated rings. The third-order valence-corrected chi connectivity index (χ3v) is 3.16. The number of hydrogen-bond donors (Lipinski definition) is 1. The Morgan fingerprint density at radius 1 is 1.56 bits per heavy atom. The highest BCUT2D eigenvalue weighted by molar-refractivity contribution is 5.80. The molecule has 0 amide bonds. The molecule has 0 saturated carbocycles. The van der Waals surface area contributed by atoms with Crippen LogP contribution in [0, 0.1) is 0 Å². The predicted molar refractivity (Wildman–Crippen MR) is 70.6 cm³/mol. The van der Waals surface area contributed by atoms with Gasteiger partial charge in [0, 0.05) is 19.6 Å². The van der Waals surface area contributed by atoms with E-state index in [4.69, 9.17) is 9.47 Å². The van der Waals surface area contributed by atoms with Gasteiger partial charge in [0.1, 0.15) is 5.54 Å². The van der Waals surface area contributed by atoms with E-state index in [0.717, 1.165) is 26.2 Å². The molecule has 1 heterocycles. The van der Waals surface area contributed by atoms with Crippen LogP contribution >= 0.6 is 0 Å². The van der Waals surface area contributed by atoms with Gasteiger partial charge in [-0.15, -0.1) is 0 Å². The lowest BCUT2D eigenvalue weighted by Crippen LogP contribution is -2.59. The number of likely N-dealkylation sites (N-methyl/N-ethyl adjacent to an activating group) is 1. The van der Waals surface area contributed by atoms with E-state index in [1.54, 1.807) is 0 Å². The van der Waals surface area contributed by atoms with Crippen molar-refractivity contribution in [1.29, 1.82) is 0 Å². The van der Waals surface area contributed by atoms with Gasteiger partial charge in [-0.25, -0.2) is 0 Å². The summed E-state index contributed by atoms with van der Waals surface area (Å²) in [6.45, 7) is 12.1. The fourth-order valence-electron chi connectivity index (χ4n) is 2.35. The third kappa shape index (κ3) is 4.23. The van der Waals surface area contributed by atoms with Crippen LogP contribution in [0.25, 0.3) is 0 Å². The lowest BCUT2D eigenvalue weighted by molar-refractivity contribution is -0.152. The van der Waals surface area contributed by atoms with E-state index in [1.807, 2.05) is 20.8 Å². The van der Waals surface area contributed by atoms with E-state index in [9.17, 15) is 4.79 Å². The van der Waals surface area contributed by atoms with Gasteiger partial charge in [-0.3, -0.25) is 9.69 Å². The second-order valence-electron chi connectivity index (χ2n) is 5.00. The summed E-state index contributed by atoms with van der Waals surface area (Å²) in [5.41, 5.74) is -0.637. The van der Waals surface area contributed by atoms with Gasteiger partial charge in [0.15, 0.2) is 0 Å². The maximum absolute atomic E-state index is 12.1. The average Bonchev–Trinajstić information content (AvgIpc) is 2.29. The molecule has 1 rings (SSSR count). The van der Waals surface area contributed by atoms with Crippen molar-refractivity contribution in [3.05, 3.63) is 0 Å². The molecule has 0 bridgehead atoms. The summed E-state index contributed by atoms with van der Waals surface area (Å²) in [5.74, 6) is -0.175. The Hall–Kier alpha value is -0.650. The lowest BCUT2D eigenvalue weighted by atomic mass is 10.0. The maximum Gasteiger partial charge on any atom is 0.327 e. The summed E-state index contributed by atoms with van der Waals surface area (Å²) >= 11 is 0. The van der Waals surface area contributed by atoms with Gasteiger partial charge < -0.3 is 14.8 Å². The van der Waals surface area contributed by atoms with Crippen molar-refractivity contribution in [1.82, 2.24) is 10.2 Å². The molecule has 5 heteroatoms. The minimum atomic E-state index is -0.637. The number of carbonyl (C=O) groups is 1. The summed E-state index contributed by atoms with van der Waals surface area (Å²) in [6, 6.07) is 0. The number of nitrogens with one attached hydrogen (secondary N) is 1. The first-order chi connectivity index (χ1) is 8.51. The smallest absolute Gasteiger partial charge is 0.327 e. The average molecular weight is 258 g/mol. The molecule has 18 heavy (non-hydrogen) atoms. The zero-order chi connectivity index (χ0) is 13.6. The Kier molecular flexibility index (Phi) is 6.05. The largest absolute Gasteiger partial charge is 0.465 e. The number of esters is 1. The predicted octanol–water partition coefficient (Wildman–Crippen LogP) is 0.638. The first-order valence-electron chi connectivity index (χ1n) is 6.78. The van der Waals surface area contributed by atoms with Crippen molar-refractivity contribution in [2.75, 3.05) is 39.4 Å². The van der Waals surface area contributed by atoms with Gasteiger partial charge >= 0.3 is 5.97 Å². The molecule has 0 radical (unpaired) electrons. The molecule has 5 nitrogen and oxygen atoms in total. The number of morpholine rings is 1. The molecule has 0 aliphatic carbocycles. The Morgan fingerprint density at radius 2 is 2.28 bits per heavy atom. The summed E-state index contributed by atoms with van der Waals surface area (Å²) < 4.78 is 10.7. The van der Waals surface area contributed by atoms with Gasteiger partial charge in [0.25, 0.3) is 0 Å². The van der Waals surface area contributed by atoms with Crippen molar-refractivity contribution in [2.24, 2.45) is 0 Å². The number of nitrogens with zero attached hydrogens (tertiary/aromatic N) is 1. The monoisotopic (exact) mass is 258 g/mol. The molecule has 1 aliphatic heterocycles. The van der Waals surface area contributed by atoms with Crippen LogP contribution in [0.5, 0.6) is 0 Å². The van der Waals surface area contributed by atoms with E-state index in [1.165, 1.54) is 0 Å². The van der Waals surface area contributed by atoms with Crippen LogP contribution < -0.4 is 5.32 Å². The van der Waals surface area contributed by atoms with Crippen molar-refractivity contribution >= 4 is 5.97 Å². The van der Waals surface area contributed by atoms with E-state index in [2.05, 4.69) is 17.1 Å². The van der Waals surface area contributed by atoms with Crippen LogP contribution in [0.2, 0.25) is 0 Å². The molecule has 0 aromatic rings. The molecule has 0 aromatic heterocycles. The summed E-state index contributed by atoms with van der Waals surface area (Å²) in [7, 11) is 0. The minimum absolute atomic E-state index is 0.175. The van der Waals surface area contributed by atoms with Gasteiger partial charge in [-0.05, 0) is 27.3 Å². The maximum atomic E-state index is 12.1. The SMILES string of the molecule is CCNC(C)(CN1CCOC(C)C1)C(=O)OCC. The molecular formula is C13H26N2O3. The van der Waals surface area contributed by atoms with Crippen LogP contribution in [0.1, 0.15) is 27.7 Å². The number of hydrogen-bond acceptors (Lipinski definition) is 5. The molecule has 0 spiro atoms. The summed E-state index contributed by atoms with van der Waals surface area (Å²) in [5, 5.41) is 3.25. The fraction of sp³-hybridized carbons (Fsp3) is 0.923. The van der Waals surface area contributed by atoms with E-state index in [-0.39, 0.29) is 12.1 Å². The van der Waals surface area contributed by atoms with Crippen LogP contribution in [-0.4, -0.2) is 61.9 Å². The minimum Gasteiger partial charge on any atom is -0.465 e. The zero-order valence-electron chi connectivity index (χ0n) is 12.0. The molecule has 1 N–H and O–H groups in total. The van der Waals surface area contributed by atoms with Gasteiger partial charge in [0.05, 0.1) is 19.3 Å². The fourth-order valence-corrected chi connectivity index (χ4v) is 2.35. The van der Waals surface area contributed by atoms with E-state index in [0.29, 0.717) is 13.2 Å². The van der Waals surface area contributed by atoms with E-state index >= 15 is 0 Å². The van der Waals surface area contributed by atoms with Crippen LogP contribution in [0.4, 0.5) is 0 Å². The lowest BCUT2D eigenvalue weighted by Gasteiger charge is -2.37. The van der Waals surface area contributed by atoms with Crippen molar-refractivity contribution < 1.29 is 14.3 Å². The molecule has 2 unspecified atom stereocenters. The van der Waals surface area contributed by atoms with E-state index < -0.39 is 5.54 Å². The third-order valence-electron chi connectivity index (χ3n) is 3.16. The molecule has 2 atom stereocenters. The summed E-state index contributed by atoms with van der Waals surface area (Å²) in [4.78, 5) is 14.3. The van der Waals surface area contributed by atoms with Gasteiger partial charge in [0.2, 0.25) is 0 Å². The Morgan fingerprint density at radius 3 is 2.83 bits per heavy atom.